The van der Waals surface area contributed by atoms with Crippen LogP contribution in [0.3, 0.4) is 0 Å². The van der Waals surface area contributed by atoms with Crippen LogP contribution in [0.1, 0.15) is 37.8 Å². The first-order valence-electron chi connectivity index (χ1n) is 11.1. The molecular formula is C28H29NO3. The van der Waals surface area contributed by atoms with E-state index in [-0.39, 0.29) is 5.91 Å². The molecule has 0 bridgehead atoms. The third-order valence-electron chi connectivity index (χ3n) is 5.91. The molecule has 0 unspecified atom stereocenters. The van der Waals surface area contributed by atoms with Gasteiger partial charge in [0.05, 0.1) is 13.4 Å². The van der Waals surface area contributed by atoms with Crippen molar-refractivity contribution in [1.29, 1.82) is 0 Å². The first kappa shape index (κ1) is 21.7. The van der Waals surface area contributed by atoms with Gasteiger partial charge in [0.2, 0.25) is 5.91 Å². The topological polar surface area (TPSA) is 51.5 Å². The summed E-state index contributed by atoms with van der Waals surface area (Å²) in [7, 11) is 1.65. The fourth-order valence-corrected chi connectivity index (χ4v) is 4.17. The van der Waals surface area contributed by atoms with Gasteiger partial charge >= 0.3 is 0 Å². The smallest absolute Gasteiger partial charge is 0.244 e. The number of methoxy groups -OCH3 is 1. The zero-order valence-corrected chi connectivity index (χ0v) is 19.1. The molecule has 1 amide bonds. The molecule has 4 aromatic rings. The largest absolute Gasteiger partial charge is 0.496 e. The lowest BCUT2D eigenvalue weighted by atomic mass is 9.95. The average molecular weight is 428 g/mol. The Morgan fingerprint density at radius 2 is 1.91 bits per heavy atom. The number of rotatable bonds is 7. The Labute approximate surface area is 188 Å². The van der Waals surface area contributed by atoms with E-state index in [2.05, 4.69) is 48.6 Å². The summed E-state index contributed by atoms with van der Waals surface area (Å²) in [5, 5.41) is 6.34. The number of nitrogens with one attached hydrogen (secondary N) is 1. The first-order valence-corrected chi connectivity index (χ1v) is 11.1. The van der Waals surface area contributed by atoms with E-state index in [0.29, 0.717) is 6.54 Å². The van der Waals surface area contributed by atoms with Gasteiger partial charge in [0, 0.05) is 34.7 Å². The number of furan rings is 1. The normalized spacial score (nSPS) is 11.8. The number of allylic oxidation sites excluding steroid dienone is 1. The summed E-state index contributed by atoms with van der Waals surface area (Å²) in [6.07, 6.45) is 5.47. The number of fused-ring (bicyclic) bond motifs is 2. The van der Waals surface area contributed by atoms with Crippen molar-refractivity contribution in [3.63, 3.8) is 0 Å². The molecule has 0 atom stereocenters. The van der Waals surface area contributed by atoms with Gasteiger partial charge in [-0.2, -0.15) is 0 Å². The van der Waals surface area contributed by atoms with Gasteiger partial charge in [-0.05, 0) is 54.3 Å². The molecule has 32 heavy (non-hydrogen) atoms. The predicted molar refractivity (Wildman–Crippen MR) is 132 cm³/mol. The lowest BCUT2D eigenvalue weighted by Gasteiger charge is -2.13. The van der Waals surface area contributed by atoms with Gasteiger partial charge in [-0.1, -0.05) is 49.7 Å². The van der Waals surface area contributed by atoms with Crippen LogP contribution >= 0.6 is 0 Å². The van der Waals surface area contributed by atoms with Gasteiger partial charge in [0.25, 0.3) is 0 Å². The zero-order chi connectivity index (χ0) is 22.7. The van der Waals surface area contributed by atoms with Crippen molar-refractivity contribution in [2.45, 2.75) is 33.6 Å². The van der Waals surface area contributed by atoms with E-state index >= 15 is 0 Å². The van der Waals surface area contributed by atoms with Gasteiger partial charge in [-0.3, -0.25) is 4.79 Å². The van der Waals surface area contributed by atoms with E-state index in [1.165, 1.54) is 10.8 Å². The molecule has 0 fully saturated rings. The minimum Gasteiger partial charge on any atom is -0.496 e. The van der Waals surface area contributed by atoms with Gasteiger partial charge in [0.1, 0.15) is 11.3 Å². The molecule has 1 heterocycles. The number of hydrogen-bond acceptors (Lipinski definition) is 3. The van der Waals surface area contributed by atoms with Gasteiger partial charge in [-0.25, -0.2) is 0 Å². The third-order valence-corrected chi connectivity index (χ3v) is 5.91. The number of ether oxygens (including phenoxy) is 1. The number of benzene rings is 3. The maximum atomic E-state index is 12.4. The van der Waals surface area contributed by atoms with Crippen molar-refractivity contribution in [3.05, 3.63) is 72.0 Å². The van der Waals surface area contributed by atoms with E-state index in [1.807, 2.05) is 32.2 Å². The number of unbranched alkanes of at least 4 members (excludes halogenated alkanes) is 1. The molecule has 0 saturated heterocycles. The second kappa shape index (κ2) is 9.31. The fourth-order valence-electron chi connectivity index (χ4n) is 4.17. The maximum absolute atomic E-state index is 12.4. The second-order valence-electron chi connectivity index (χ2n) is 8.14. The summed E-state index contributed by atoms with van der Waals surface area (Å²) in [6, 6.07) is 16.8. The van der Waals surface area contributed by atoms with Gasteiger partial charge in [-0.15, -0.1) is 0 Å². The van der Waals surface area contributed by atoms with Crippen molar-refractivity contribution in [2.75, 3.05) is 13.7 Å². The summed E-state index contributed by atoms with van der Waals surface area (Å²) < 4.78 is 11.7. The lowest BCUT2D eigenvalue weighted by Crippen LogP contribution is -2.22. The monoisotopic (exact) mass is 427 g/mol. The number of aryl methyl sites for hydroxylation is 1. The Hall–Kier alpha value is -3.53. The van der Waals surface area contributed by atoms with Crippen LogP contribution < -0.4 is 10.1 Å². The Morgan fingerprint density at radius 3 is 2.66 bits per heavy atom. The molecule has 3 aromatic carbocycles. The van der Waals surface area contributed by atoms with E-state index in [1.54, 1.807) is 13.2 Å². The molecule has 4 heteroatoms. The van der Waals surface area contributed by atoms with Crippen LogP contribution in [0.2, 0.25) is 0 Å². The Bertz CT molecular complexity index is 1310. The highest BCUT2D eigenvalue weighted by molar-refractivity contribution is 6.02. The van der Waals surface area contributed by atoms with Crippen molar-refractivity contribution in [1.82, 2.24) is 5.32 Å². The van der Waals surface area contributed by atoms with Crippen LogP contribution in [0.15, 0.2) is 65.3 Å². The maximum Gasteiger partial charge on any atom is 0.244 e. The van der Waals surface area contributed by atoms with E-state index in [0.717, 1.165) is 57.4 Å². The van der Waals surface area contributed by atoms with Crippen LogP contribution in [0.25, 0.3) is 38.4 Å². The molecule has 0 aliphatic heterocycles. The van der Waals surface area contributed by atoms with E-state index < -0.39 is 0 Å². The van der Waals surface area contributed by atoms with Crippen LogP contribution in [-0.4, -0.2) is 19.6 Å². The summed E-state index contributed by atoms with van der Waals surface area (Å²) in [5.41, 5.74) is 5.59. The van der Waals surface area contributed by atoms with Crippen molar-refractivity contribution in [3.8, 4) is 16.9 Å². The van der Waals surface area contributed by atoms with Gasteiger partial charge in [0.15, 0.2) is 0 Å². The molecule has 0 saturated carbocycles. The van der Waals surface area contributed by atoms with Crippen molar-refractivity contribution >= 4 is 33.2 Å². The third kappa shape index (κ3) is 4.13. The number of carbonyl (C=O) groups is 1. The number of carbonyl (C=O) groups excluding carboxylic acids is 1. The van der Waals surface area contributed by atoms with Crippen LogP contribution in [0, 0.1) is 6.92 Å². The number of hydrogen-bond donors (Lipinski definition) is 1. The summed E-state index contributed by atoms with van der Waals surface area (Å²) in [5.74, 6) is 0.643. The standard InChI is InChI=1S/C28H29NO3/c1-5-6-13-29-26(30)14-18(2)23-16-24-25(17-32-28(24)19(3)27(23)31-4)22-12-11-20-9-7-8-10-21(20)15-22/h7-12,14-17H,5-6,13H2,1-4H3,(H,29,30)/b18-14+. The Balaban J connectivity index is 1.81. The van der Waals surface area contributed by atoms with Crippen LogP contribution in [-0.2, 0) is 4.79 Å². The van der Waals surface area contributed by atoms with E-state index in [4.69, 9.17) is 9.15 Å². The summed E-state index contributed by atoms with van der Waals surface area (Å²) >= 11 is 0. The van der Waals surface area contributed by atoms with Crippen LogP contribution in [0.5, 0.6) is 5.75 Å². The van der Waals surface area contributed by atoms with Gasteiger partial charge < -0.3 is 14.5 Å². The molecular weight excluding hydrogens is 398 g/mol. The zero-order valence-electron chi connectivity index (χ0n) is 19.1. The van der Waals surface area contributed by atoms with Crippen molar-refractivity contribution < 1.29 is 13.9 Å². The van der Waals surface area contributed by atoms with Crippen LogP contribution in [0.4, 0.5) is 0 Å². The molecule has 0 radical (unpaired) electrons. The SMILES string of the molecule is CCCCNC(=O)/C=C(\C)c1cc2c(-c3ccc4ccccc4c3)coc2c(C)c1OC. The molecule has 1 aromatic heterocycles. The molecule has 0 aliphatic carbocycles. The minimum absolute atomic E-state index is 0.0855. The predicted octanol–water partition coefficient (Wildman–Crippen LogP) is 6.89. The average Bonchev–Trinajstić information content (AvgIpc) is 3.23. The lowest BCUT2D eigenvalue weighted by molar-refractivity contribution is -0.116. The van der Waals surface area contributed by atoms with Crippen molar-refractivity contribution in [2.24, 2.45) is 0 Å². The molecule has 4 rings (SSSR count). The quantitative estimate of drug-likeness (QED) is 0.258. The highest BCUT2D eigenvalue weighted by Gasteiger charge is 2.19. The minimum atomic E-state index is -0.0855. The van der Waals surface area contributed by atoms with E-state index in [9.17, 15) is 4.79 Å². The second-order valence-corrected chi connectivity index (χ2v) is 8.14. The highest BCUT2D eigenvalue weighted by atomic mass is 16.5. The highest BCUT2D eigenvalue weighted by Crippen LogP contribution is 2.41. The Morgan fingerprint density at radius 1 is 1.12 bits per heavy atom. The first-order chi connectivity index (χ1) is 15.5. The summed E-state index contributed by atoms with van der Waals surface area (Å²) in [4.78, 5) is 12.4. The fraction of sp³-hybridized carbons (Fsp3) is 0.250. The molecule has 164 valence electrons. The number of amides is 1. The molecule has 1 N–H and O–H groups in total. The molecule has 4 nitrogen and oxygen atoms in total. The Kier molecular flexibility index (Phi) is 6.31. The summed E-state index contributed by atoms with van der Waals surface area (Å²) in [6.45, 7) is 6.72. The molecule has 0 spiro atoms. The molecule has 0 aliphatic rings.